The molecule has 2 nitrogen and oxygen atoms in total. The molecule has 2 aliphatic rings. The minimum atomic E-state index is -0.173. The lowest BCUT2D eigenvalue weighted by Crippen LogP contribution is -2.38. The predicted molar refractivity (Wildman–Crippen MR) is 36.5 cm³/mol. The van der Waals surface area contributed by atoms with E-state index in [4.69, 9.17) is 0 Å². The van der Waals surface area contributed by atoms with Crippen molar-refractivity contribution in [3.05, 3.63) is 0 Å². The molecule has 2 heteroatoms. The fourth-order valence-electron chi connectivity index (χ4n) is 1.87. The fourth-order valence-corrected chi connectivity index (χ4v) is 1.87. The zero-order chi connectivity index (χ0) is 7.19. The van der Waals surface area contributed by atoms with E-state index < -0.39 is 0 Å². The van der Waals surface area contributed by atoms with Gasteiger partial charge >= 0.3 is 0 Å². The Morgan fingerprint density at radius 3 is 2.20 bits per heavy atom. The second kappa shape index (κ2) is 1.82. The molecular formula is C8H12O2. The lowest BCUT2D eigenvalue weighted by Gasteiger charge is -2.36. The molecule has 0 heterocycles. The first kappa shape index (κ1) is 6.35. The number of aldehydes is 1. The van der Waals surface area contributed by atoms with Crippen molar-refractivity contribution in [2.24, 2.45) is 11.3 Å². The van der Waals surface area contributed by atoms with Crippen LogP contribution in [0.2, 0.25) is 0 Å². The molecule has 2 fully saturated rings. The molecule has 56 valence electrons. The largest absolute Gasteiger partial charge is 0.393 e. The van der Waals surface area contributed by atoms with Crippen molar-refractivity contribution in [3.63, 3.8) is 0 Å². The van der Waals surface area contributed by atoms with Crippen molar-refractivity contribution >= 4 is 6.29 Å². The highest BCUT2D eigenvalue weighted by Crippen LogP contribution is 2.56. The highest BCUT2D eigenvalue weighted by Gasteiger charge is 2.54. The van der Waals surface area contributed by atoms with Gasteiger partial charge in [-0.05, 0) is 31.6 Å². The first-order valence-corrected chi connectivity index (χ1v) is 3.93. The Balaban J connectivity index is 2.04. The summed E-state index contributed by atoms with van der Waals surface area (Å²) in [6, 6.07) is 0. The van der Waals surface area contributed by atoms with Crippen LogP contribution in [0.3, 0.4) is 0 Å². The van der Waals surface area contributed by atoms with E-state index in [1.54, 1.807) is 0 Å². The van der Waals surface area contributed by atoms with Gasteiger partial charge in [-0.15, -0.1) is 0 Å². The topological polar surface area (TPSA) is 37.3 Å². The normalized spacial score (nSPS) is 42.1. The Morgan fingerprint density at radius 2 is 2.10 bits per heavy atom. The monoisotopic (exact) mass is 140 g/mol. The van der Waals surface area contributed by atoms with Gasteiger partial charge in [-0.25, -0.2) is 0 Å². The van der Waals surface area contributed by atoms with Gasteiger partial charge in [-0.2, -0.15) is 0 Å². The highest BCUT2D eigenvalue weighted by atomic mass is 16.3. The van der Waals surface area contributed by atoms with Crippen LogP contribution >= 0.6 is 0 Å². The third-order valence-electron chi connectivity index (χ3n) is 3.04. The number of rotatable bonds is 2. The molecule has 0 bridgehead atoms. The van der Waals surface area contributed by atoms with Crippen LogP contribution in [0.15, 0.2) is 0 Å². The third-order valence-corrected chi connectivity index (χ3v) is 3.04. The minimum absolute atomic E-state index is 0.0718. The molecule has 0 aromatic carbocycles. The molecule has 0 radical (unpaired) electrons. The van der Waals surface area contributed by atoms with E-state index in [1.807, 2.05) is 0 Å². The van der Waals surface area contributed by atoms with Crippen molar-refractivity contribution in [1.29, 1.82) is 0 Å². The van der Waals surface area contributed by atoms with Crippen molar-refractivity contribution in [3.8, 4) is 0 Å². The second-order valence-electron chi connectivity index (χ2n) is 3.60. The average molecular weight is 140 g/mol. The summed E-state index contributed by atoms with van der Waals surface area (Å²) in [6.45, 7) is 0. The van der Waals surface area contributed by atoms with Gasteiger partial charge < -0.3 is 9.90 Å². The number of carbonyl (C=O) groups is 1. The number of hydrogen-bond acceptors (Lipinski definition) is 2. The molecule has 0 aromatic heterocycles. The molecular weight excluding hydrogens is 128 g/mol. The van der Waals surface area contributed by atoms with Crippen LogP contribution < -0.4 is 0 Å². The maximum absolute atomic E-state index is 10.6. The first-order chi connectivity index (χ1) is 4.78. The first-order valence-electron chi connectivity index (χ1n) is 3.93. The Hall–Kier alpha value is -0.370. The number of carbonyl (C=O) groups excluding carboxylic acids is 1. The Bertz CT molecular complexity index is 161. The zero-order valence-electron chi connectivity index (χ0n) is 5.92. The van der Waals surface area contributed by atoms with Crippen LogP contribution in [0.25, 0.3) is 0 Å². The molecule has 2 unspecified atom stereocenters. The lowest BCUT2D eigenvalue weighted by atomic mass is 9.72. The van der Waals surface area contributed by atoms with E-state index >= 15 is 0 Å². The molecule has 2 saturated carbocycles. The summed E-state index contributed by atoms with van der Waals surface area (Å²) >= 11 is 0. The summed E-state index contributed by atoms with van der Waals surface area (Å²) in [6.07, 6.45) is 4.86. The van der Waals surface area contributed by atoms with Crippen LogP contribution in [0.4, 0.5) is 0 Å². The minimum Gasteiger partial charge on any atom is -0.393 e. The van der Waals surface area contributed by atoms with Crippen LogP contribution in [-0.4, -0.2) is 17.5 Å². The highest BCUT2D eigenvalue weighted by molar-refractivity contribution is 5.64. The Kier molecular flexibility index (Phi) is 1.15. The third kappa shape index (κ3) is 0.655. The van der Waals surface area contributed by atoms with Crippen molar-refractivity contribution < 1.29 is 9.90 Å². The van der Waals surface area contributed by atoms with Gasteiger partial charge in [0.1, 0.15) is 6.29 Å². The zero-order valence-corrected chi connectivity index (χ0v) is 5.92. The van der Waals surface area contributed by atoms with E-state index in [0.717, 1.165) is 32.0 Å². The summed E-state index contributed by atoms with van der Waals surface area (Å²) < 4.78 is 0. The van der Waals surface area contributed by atoms with Gasteiger partial charge in [-0.3, -0.25) is 0 Å². The molecule has 0 saturated heterocycles. The number of hydrogen-bond donors (Lipinski definition) is 1. The summed E-state index contributed by atoms with van der Waals surface area (Å²) in [7, 11) is 0. The van der Waals surface area contributed by atoms with Crippen molar-refractivity contribution in [2.45, 2.75) is 31.8 Å². The van der Waals surface area contributed by atoms with E-state index in [2.05, 4.69) is 0 Å². The molecule has 0 aromatic rings. The number of aliphatic hydroxyl groups excluding tert-OH is 1. The molecule has 0 amide bonds. The van der Waals surface area contributed by atoms with Crippen molar-refractivity contribution in [2.75, 3.05) is 0 Å². The molecule has 2 rings (SSSR count). The average Bonchev–Trinajstić information content (AvgIpc) is 2.67. The van der Waals surface area contributed by atoms with E-state index in [0.29, 0.717) is 5.92 Å². The maximum Gasteiger partial charge on any atom is 0.126 e. The van der Waals surface area contributed by atoms with Crippen molar-refractivity contribution in [1.82, 2.24) is 0 Å². The quantitative estimate of drug-likeness (QED) is 0.574. The molecule has 0 aliphatic heterocycles. The summed E-state index contributed by atoms with van der Waals surface area (Å²) in [5.41, 5.74) is -0.0718. The van der Waals surface area contributed by atoms with Crippen LogP contribution in [0.1, 0.15) is 25.7 Å². The molecule has 0 spiro atoms. The SMILES string of the molecule is O=CC1(C2CCC2O)CC1. The van der Waals surface area contributed by atoms with E-state index in [-0.39, 0.29) is 11.5 Å². The summed E-state index contributed by atoms with van der Waals surface area (Å²) in [4.78, 5) is 10.6. The summed E-state index contributed by atoms with van der Waals surface area (Å²) in [5, 5.41) is 9.26. The lowest BCUT2D eigenvalue weighted by molar-refractivity contribution is -0.119. The van der Waals surface area contributed by atoms with Gasteiger partial charge in [0.25, 0.3) is 0 Å². The molecule has 10 heavy (non-hydrogen) atoms. The maximum atomic E-state index is 10.6. The van der Waals surface area contributed by atoms with Crippen LogP contribution in [0, 0.1) is 11.3 Å². The van der Waals surface area contributed by atoms with Gasteiger partial charge in [0.2, 0.25) is 0 Å². The predicted octanol–water partition coefficient (Wildman–Crippen LogP) is 0.736. The van der Waals surface area contributed by atoms with E-state index in [9.17, 15) is 9.90 Å². The van der Waals surface area contributed by atoms with Crippen LogP contribution in [0.5, 0.6) is 0 Å². The molecule has 1 N–H and O–H groups in total. The van der Waals surface area contributed by atoms with Gasteiger partial charge in [0, 0.05) is 5.41 Å². The molecule has 2 aliphatic carbocycles. The summed E-state index contributed by atoms with van der Waals surface area (Å²) in [5.74, 6) is 0.310. The van der Waals surface area contributed by atoms with E-state index in [1.165, 1.54) is 0 Å². The second-order valence-corrected chi connectivity index (χ2v) is 3.60. The van der Waals surface area contributed by atoms with Crippen LogP contribution in [-0.2, 0) is 4.79 Å². The standard InChI is InChI=1S/C8H12O2/c9-5-8(3-4-8)6-1-2-7(6)10/h5-7,10H,1-4H2. The Labute approximate surface area is 60.2 Å². The smallest absolute Gasteiger partial charge is 0.126 e. The van der Waals surface area contributed by atoms with Gasteiger partial charge in [0.05, 0.1) is 6.10 Å². The Morgan fingerprint density at radius 1 is 1.40 bits per heavy atom. The number of aliphatic hydroxyl groups is 1. The fraction of sp³-hybridized carbons (Fsp3) is 0.875. The molecule has 2 atom stereocenters. The van der Waals surface area contributed by atoms with Gasteiger partial charge in [0.15, 0.2) is 0 Å². The van der Waals surface area contributed by atoms with Gasteiger partial charge in [-0.1, -0.05) is 0 Å².